The third-order valence-corrected chi connectivity index (χ3v) is 3.66. The smallest absolute Gasteiger partial charge is 0.253 e. The molecule has 1 aromatic heterocycles. The van der Waals surface area contributed by atoms with E-state index in [1.165, 1.54) is 0 Å². The molecule has 3 N–H and O–H groups in total. The fraction of sp³-hybridized carbons (Fsp3) is 0.176. The predicted octanol–water partition coefficient (Wildman–Crippen LogP) is 2.03. The quantitative estimate of drug-likeness (QED) is 0.673. The van der Waals surface area contributed by atoms with E-state index in [2.05, 4.69) is 15.5 Å². The minimum Gasteiger partial charge on any atom is -0.497 e. The number of para-hydroxylation sites is 1. The van der Waals surface area contributed by atoms with Crippen LogP contribution in [0, 0.1) is 0 Å². The van der Waals surface area contributed by atoms with Gasteiger partial charge in [-0.15, -0.1) is 0 Å². The van der Waals surface area contributed by atoms with E-state index >= 15 is 0 Å². The second kappa shape index (κ2) is 6.50. The third-order valence-electron chi connectivity index (χ3n) is 3.66. The second-order valence-corrected chi connectivity index (χ2v) is 5.14. The molecule has 0 aliphatic carbocycles. The molecule has 0 spiro atoms. The largest absolute Gasteiger partial charge is 0.497 e. The number of carbonyl (C=O) groups is 1. The number of methoxy groups -OCH3 is 1. The first-order valence-electron chi connectivity index (χ1n) is 7.21. The van der Waals surface area contributed by atoms with Crippen LogP contribution in [0.25, 0.3) is 10.9 Å². The fourth-order valence-electron chi connectivity index (χ4n) is 2.41. The number of aromatic amines is 1. The number of nitrogens with zero attached hydrogens (tertiary/aromatic N) is 1. The first-order valence-corrected chi connectivity index (χ1v) is 7.21. The summed E-state index contributed by atoms with van der Waals surface area (Å²) in [6, 6.07) is 12.5. The normalized spacial score (nSPS) is 12.1. The lowest BCUT2D eigenvalue weighted by molar-refractivity contribution is 0.0917. The van der Waals surface area contributed by atoms with E-state index in [-0.39, 0.29) is 12.5 Å². The molecule has 0 aliphatic rings. The van der Waals surface area contributed by atoms with Gasteiger partial charge in [-0.3, -0.25) is 9.89 Å². The minimum atomic E-state index is -0.810. The molecule has 6 nitrogen and oxygen atoms in total. The van der Waals surface area contributed by atoms with E-state index in [0.29, 0.717) is 22.4 Å². The van der Waals surface area contributed by atoms with E-state index < -0.39 is 6.10 Å². The Morgan fingerprint density at radius 2 is 2.17 bits per heavy atom. The SMILES string of the molecule is COc1cccc(C(O)CNC(=O)c2cccc3cn[nH]c23)c1. The molecule has 1 atom stereocenters. The molecule has 1 unspecified atom stereocenters. The lowest BCUT2D eigenvalue weighted by Gasteiger charge is -2.13. The molecule has 0 saturated carbocycles. The third kappa shape index (κ3) is 3.17. The molecule has 0 bridgehead atoms. The van der Waals surface area contributed by atoms with Crippen molar-refractivity contribution in [1.29, 1.82) is 0 Å². The summed E-state index contributed by atoms with van der Waals surface area (Å²) in [6.07, 6.45) is 0.854. The molecule has 3 aromatic rings. The molecular formula is C17H17N3O3. The number of fused-ring (bicyclic) bond motifs is 1. The average Bonchev–Trinajstić information content (AvgIpc) is 3.08. The molecule has 118 valence electrons. The molecule has 23 heavy (non-hydrogen) atoms. The van der Waals surface area contributed by atoms with Crippen LogP contribution in [0.3, 0.4) is 0 Å². The summed E-state index contributed by atoms with van der Waals surface area (Å²) in [5.74, 6) is 0.400. The molecule has 1 amide bonds. The van der Waals surface area contributed by atoms with Gasteiger partial charge in [-0.2, -0.15) is 5.10 Å². The Balaban J connectivity index is 1.70. The highest BCUT2D eigenvalue weighted by molar-refractivity contribution is 6.05. The second-order valence-electron chi connectivity index (χ2n) is 5.14. The maximum absolute atomic E-state index is 12.3. The zero-order valence-electron chi connectivity index (χ0n) is 12.6. The molecule has 1 heterocycles. The van der Waals surface area contributed by atoms with Gasteiger partial charge in [0.1, 0.15) is 5.75 Å². The summed E-state index contributed by atoms with van der Waals surface area (Å²) in [5.41, 5.74) is 1.86. The van der Waals surface area contributed by atoms with Crippen molar-refractivity contribution >= 4 is 16.8 Å². The summed E-state index contributed by atoms with van der Waals surface area (Å²) in [5, 5.41) is 20.6. The highest BCUT2D eigenvalue weighted by Gasteiger charge is 2.14. The molecule has 6 heteroatoms. The molecule has 0 fully saturated rings. The van der Waals surface area contributed by atoms with Gasteiger partial charge in [-0.05, 0) is 23.8 Å². The van der Waals surface area contributed by atoms with Crippen LogP contribution >= 0.6 is 0 Å². The lowest BCUT2D eigenvalue weighted by atomic mass is 10.1. The molecule has 2 aromatic carbocycles. The number of ether oxygens (including phenoxy) is 1. The Kier molecular flexibility index (Phi) is 4.25. The number of H-pyrrole nitrogens is 1. The highest BCUT2D eigenvalue weighted by Crippen LogP contribution is 2.19. The van der Waals surface area contributed by atoms with Crippen molar-refractivity contribution in [3.05, 3.63) is 59.8 Å². The van der Waals surface area contributed by atoms with Gasteiger partial charge < -0.3 is 15.2 Å². The van der Waals surface area contributed by atoms with Gasteiger partial charge in [-0.25, -0.2) is 0 Å². The average molecular weight is 311 g/mol. The fourth-order valence-corrected chi connectivity index (χ4v) is 2.41. The minimum absolute atomic E-state index is 0.108. The van der Waals surface area contributed by atoms with Crippen LogP contribution in [-0.4, -0.2) is 34.9 Å². The Hall–Kier alpha value is -2.86. The van der Waals surface area contributed by atoms with Crippen molar-refractivity contribution in [1.82, 2.24) is 15.5 Å². The van der Waals surface area contributed by atoms with Crippen LogP contribution in [0.2, 0.25) is 0 Å². The number of hydrogen-bond acceptors (Lipinski definition) is 4. The first-order chi connectivity index (χ1) is 11.2. The van der Waals surface area contributed by atoms with Crippen LogP contribution < -0.4 is 10.1 Å². The van der Waals surface area contributed by atoms with Gasteiger partial charge in [0.2, 0.25) is 0 Å². The summed E-state index contributed by atoms with van der Waals surface area (Å²) in [6.45, 7) is 0.108. The molecule has 3 rings (SSSR count). The van der Waals surface area contributed by atoms with E-state index in [9.17, 15) is 9.90 Å². The van der Waals surface area contributed by atoms with Crippen molar-refractivity contribution < 1.29 is 14.6 Å². The number of aliphatic hydroxyl groups is 1. The molecular weight excluding hydrogens is 294 g/mol. The van der Waals surface area contributed by atoms with Gasteiger partial charge in [0.15, 0.2) is 0 Å². The zero-order chi connectivity index (χ0) is 16.2. The van der Waals surface area contributed by atoms with Crippen LogP contribution in [0.1, 0.15) is 22.0 Å². The van der Waals surface area contributed by atoms with Crippen LogP contribution in [-0.2, 0) is 0 Å². The molecule has 0 saturated heterocycles. The first kappa shape index (κ1) is 15.1. The van der Waals surface area contributed by atoms with Crippen molar-refractivity contribution in [2.24, 2.45) is 0 Å². The number of nitrogens with one attached hydrogen (secondary N) is 2. The summed E-state index contributed by atoms with van der Waals surface area (Å²) >= 11 is 0. The number of aliphatic hydroxyl groups excluding tert-OH is 1. The standard InChI is InChI=1S/C17H17N3O3/c1-23-13-6-2-4-11(8-13)15(21)10-18-17(22)14-7-3-5-12-9-19-20-16(12)14/h2-9,15,21H,10H2,1H3,(H,18,22)(H,19,20). The Morgan fingerprint density at radius 1 is 1.35 bits per heavy atom. The van der Waals surface area contributed by atoms with Crippen molar-refractivity contribution in [2.45, 2.75) is 6.10 Å². The Labute approximate surface area is 133 Å². The predicted molar refractivity (Wildman–Crippen MR) is 86.4 cm³/mol. The Morgan fingerprint density at radius 3 is 3.00 bits per heavy atom. The maximum Gasteiger partial charge on any atom is 0.253 e. The summed E-state index contributed by atoms with van der Waals surface area (Å²) in [4.78, 5) is 12.3. The van der Waals surface area contributed by atoms with Gasteiger partial charge in [-0.1, -0.05) is 24.3 Å². The number of hydrogen-bond donors (Lipinski definition) is 3. The number of aromatic nitrogens is 2. The Bertz CT molecular complexity index is 829. The topological polar surface area (TPSA) is 87.2 Å². The highest BCUT2D eigenvalue weighted by atomic mass is 16.5. The maximum atomic E-state index is 12.3. The number of rotatable bonds is 5. The van der Waals surface area contributed by atoms with E-state index in [4.69, 9.17) is 4.74 Å². The monoisotopic (exact) mass is 311 g/mol. The lowest BCUT2D eigenvalue weighted by Crippen LogP contribution is -2.28. The van der Waals surface area contributed by atoms with Crippen LogP contribution in [0.15, 0.2) is 48.7 Å². The van der Waals surface area contributed by atoms with Gasteiger partial charge in [0.25, 0.3) is 5.91 Å². The number of benzene rings is 2. The van der Waals surface area contributed by atoms with Crippen molar-refractivity contribution in [3.8, 4) is 5.75 Å². The van der Waals surface area contributed by atoms with Crippen molar-refractivity contribution in [3.63, 3.8) is 0 Å². The van der Waals surface area contributed by atoms with Gasteiger partial charge in [0.05, 0.1) is 30.5 Å². The number of amides is 1. The van der Waals surface area contributed by atoms with Gasteiger partial charge >= 0.3 is 0 Å². The molecule has 0 radical (unpaired) electrons. The number of carbonyl (C=O) groups excluding carboxylic acids is 1. The van der Waals surface area contributed by atoms with Crippen molar-refractivity contribution in [2.75, 3.05) is 13.7 Å². The molecule has 0 aliphatic heterocycles. The van der Waals surface area contributed by atoms with E-state index in [1.807, 2.05) is 6.07 Å². The zero-order valence-corrected chi connectivity index (χ0v) is 12.6. The van der Waals surface area contributed by atoms with Gasteiger partial charge in [0, 0.05) is 11.9 Å². The van der Waals surface area contributed by atoms with Crippen LogP contribution in [0.4, 0.5) is 0 Å². The summed E-state index contributed by atoms with van der Waals surface area (Å²) in [7, 11) is 1.57. The van der Waals surface area contributed by atoms with E-state index in [0.717, 1.165) is 5.39 Å². The van der Waals surface area contributed by atoms with E-state index in [1.54, 1.807) is 49.7 Å². The van der Waals surface area contributed by atoms with Crippen LogP contribution in [0.5, 0.6) is 5.75 Å². The summed E-state index contributed by atoms with van der Waals surface area (Å²) < 4.78 is 5.13.